The lowest BCUT2D eigenvalue weighted by molar-refractivity contribution is -0.165. The van der Waals surface area contributed by atoms with Crippen molar-refractivity contribution in [2.24, 2.45) is 5.92 Å². The molecule has 0 amide bonds. The standard InChI is InChI=1S/C20H20O6/c1-24-17(21)9-6-10-20(13-7-4-3-5-8-13)12-16-14(18(22)25-2)11-15(20)19(23)26-16/h3-9,11,15-16H,10,12H2,1-2H3/b9-6+/t15-,16+,20+/m1/s1. The molecule has 0 saturated carbocycles. The van der Waals surface area contributed by atoms with Crippen molar-refractivity contribution in [3.8, 4) is 0 Å². The van der Waals surface area contributed by atoms with Gasteiger partial charge in [-0.1, -0.05) is 42.5 Å². The highest BCUT2D eigenvalue weighted by molar-refractivity contribution is 5.94. The molecule has 136 valence electrons. The van der Waals surface area contributed by atoms with Gasteiger partial charge in [-0.25, -0.2) is 9.59 Å². The minimum Gasteiger partial charge on any atom is -0.466 e. The fraction of sp³-hybridized carbons (Fsp3) is 0.350. The van der Waals surface area contributed by atoms with Gasteiger partial charge in [0.25, 0.3) is 0 Å². The van der Waals surface area contributed by atoms with Crippen molar-refractivity contribution in [2.45, 2.75) is 24.4 Å². The third kappa shape index (κ3) is 3.03. The van der Waals surface area contributed by atoms with Crippen molar-refractivity contribution >= 4 is 17.9 Å². The number of carbonyl (C=O) groups excluding carboxylic acids is 3. The fourth-order valence-corrected chi connectivity index (χ4v) is 3.77. The molecule has 0 aromatic heterocycles. The fourth-order valence-electron chi connectivity index (χ4n) is 3.77. The molecule has 6 heteroatoms. The first-order valence-electron chi connectivity index (χ1n) is 8.32. The number of carbonyl (C=O) groups is 3. The number of hydrogen-bond acceptors (Lipinski definition) is 6. The Balaban J connectivity index is 2.04. The molecule has 0 unspecified atom stereocenters. The van der Waals surface area contributed by atoms with Crippen LogP contribution in [0.5, 0.6) is 0 Å². The Bertz CT molecular complexity index is 779. The van der Waals surface area contributed by atoms with Gasteiger partial charge in [0.2, 0.25) is 0 Å². The Morgan fingerprint density at radius 2 is 1.96 bits per heavy atom. The lowest BCUT2D eigenvalue weighted by Crippen LogP contribution is -2.53. The minimum absolute atomic E-state index is 0.371. The number of fused-ring (bicyclic) bond motifs is 2. The van der Waals surface area contributed by atoms with Gasteiger partial charge in [0.15, 0.2) is 0 Å². The molecular weight excluding hydrogens is 336 g/mol. The first-order valence-corrected chi connectivity index (χ1v) is 8.32. The summed E-state index contributed by atoms with van der Waals surface area (Å²) in [7, 11) is 2.61. The van der Waals surface area contributed by atoms with E-state index in [0.717, 1.165) is 5.56 Å². The van der Waals surface area contributed by atoms with Crippen molar-refractivity contribution in [1.29, 1.82) is 0 Å². The molecule has 1 saturated heterocycles. The van der Waals surface area contributed by atoms with Crippen LogP contribution in [-0.2, 0) is 34.0 Å². The summed E-state index contributed by atoms with van der Waals surface area (Å²) in [4.78, 5) is 35.9. The zero-order valence-corrected chi connectivity index (χ0v) is 14.6. The molecule has 1 fully saturated rings. The number of ether oxygens (including phenoxy) is 3. The minimum atomic E-state index is -0.660. The number of esters is 3. The van der Waals surface area contributed by atoms with E-state index in [4.69, 9.17) is 9.47 Å². The van der Waals surface area contributed by atoms with Gasteiger partial charge >= 0.3 is 17.9 Å². The SMILES string of the molecule is COC(=O)/C=C/C[C@@]1(c2ccccc2)C[C@@H]2OC(=O)[C@H]1C=C2C(=O)OC. The van der Waals surface area contributed by atoms with Crippen molar-refractivity contribution < 1.29 is 28.6 Å². The monoisotopic (exact) mass is 356 g/mol. The first kappa shape index (κ1) is 17.9. The normalized spacial score (nSPS) is 27.0. The van der Waals surface area contributed by atoms with Crippen LogP contribution < -0.4 is 0 Å². The number of hydrogen-bond donors (Lipinski definition) is 0. The molecule has 1 aliphatic carbocycles. The zero-order valence-electron chi connectivity index (χ0n) is 14.6. The molecule has 26 heavy (non-hydrogen) atoms. The van der Waals surface area contributed by atoms with Gasteiger partial charge in [0.05, 0.1) is 25.7 Å². The Kier molecular flexibility index (Phi) is 4.93. The summed E-state index contributed by atoms with van der Waals surface area (Å²) in [6.07, 6.45) is 4.94. The lowest BCUT2D eigenvalue weighted by Gasteiger charge is -2.48. The summed E-state index contributed by atoms with van der Waals surface area (Å²) in [6, 6.07) is 9.60. The molecule has 2 aliphatic heterocycles. The molecule has 3 aliphatic rings. The molecule has 4 rings (SSSR count). The smallest absolute Gasteiger partial charge is 0.337 e. The van der Waals surface area contributed by atoms with Crippen molar-refractivity contribution in [3.05, 3.63) is 59.7 Å². The quantitative estimate of drug-likeness (QED) is 0.457. The molecule has 3 atom stereocenters. The van der Waals surface area contributed by atoms with Crippen LogP contribution in [-0.4, -0.2) is 38.2 Å². The predicted octanol–water partition coefficient (Wildman–Crippen LogP) is 2.09. The van der Waals surface area contributed by atoms with E-state index in [1.54, 1.807) is 12.2 Å². The van der Waals surface area contributed by atoms with Crippen LogP contribution in [0.25, 0.3) is 0 Å². The predicted molar refractivity (Wildman–Crippen MR) is 92.0 cm³/mol. The van der Waals surface area contributed by atoms with E-state index in [9.17, 15) is 14.4 Å². The van der Waals surface area contributed by atoms with Gasteiger partial charge in [-0.05, 0) is 12.0 Å². The second kappa shape index (κ2) is 7.15. The largest absolute Gasteiger partial charge is 0.466 e. The Labute approximate surface area is 151 Å². The van der Waals surface area contributed by atoms with Crippen LogP contribution in [0.15, 0.2) is 54.1 Å². The third-order valence-corrected chi connectivity index (χ3v) is 5.06. The van der Waals surface area contributed by atoms with Crippen LogP contribution in [0.3, 0.4) is 0 Å². The highest BCUT2D eigenvalue weighted by atomic mass is 16.6. The highest BCUT2D eigenvalue weighted by Crippen LogP contribution is 2.50. The summed E-state index contributed by atoms with van der Waals surface area (Å²) < 4.78 is 14.9. The van der Waals surface area contributed by atoms with Crippen LogP contribution >= 0.6 is 0 Å². The molecule has 6 nitrogen and oxygen atoms in total. The van der Waals surface area contributed by atoms with E-state index in [1.165, 1.54) is 20.3 Å². The maximum absolute atomic E-state index is 12.5. The summed E-state index contributed by atoms with van der Waals surface area (Å²) in [6.45, 7) is 0. The zero-order chi connectivity index (χ0) is 18.7. The maximum atomic E-state index is 12.5. The van der Waals surface area contributed by atoms with Crippen LogP contribution in [0, 0.1) is 5.92 Å². The number of benzene rings is 1. The van der Waals surface area contributed by atoms with Crippen LogP contribution in [0.4, 0.5) is 0 Å². The molecule has 2 heterocycles. The van der Waals surface area contributed by atoms with Gasteiger partial charge in [-0.2, -0.15) is 0 Å². The maximum Gasteiger partial charge on any atom is 0.337 e. The van der Waals surface area contributed by atoms with Gasteiger partial charge < -0.3 is 14.2 Å². The van der Waals surface area contributed by atoms with Crippen LogP contribution in [0.2, 0.25) is 0 Å². The average Bonchev–Trinajstić information content (AvgIpc) is 2.67. The number of allylic oxidation sites excluding steroid dienone is 1. The Hall–Kier alpha value is -2.89. The van der Waals surface area contributed by atoms with Crippen LogP contribution in [0.1, 0.15) is 18.4 Å². The number of rotatable bonds is 5. The third-order valence-electron chi connectivity index (χ3n) is 5.06. The second-order valence-corrected chi connectivity index (χ2v) is 6.37. The molecule has 2 bridgehead atoms. The molecule has 0 radical (unpaired) electrons. The second-order valence-electron chi connectivity index (χ2n) is 6.37. The van der Waals surface area contributed by atoms with Gasteiger partial charge in [-0.15, -0.1) is 0 Å². The lowest BCUT2D eigenvalue weighted by atomic mass is 9.59. The first-order chi connectivity index (χ1) is 12.5. The highest BCUT2D eigenvalue weighted by Gasteiger charge is 2.55. The van der Waals surface area contributed by atoms with E-state index in [1.807, 2.05) is 30.3 Å². The van der Waals surface area contributed by atoms with Gasteiger partial charge in [0, 0.05) is 17.9 Å². The Morgan fingerprint density at radius 3 is 2.58 bits per heavy atom. The molecule has 0 spiro atoms. The van der Waals surface area contributed by atoms with E-state index in [0.29, 0.717) is 18.4 Å². The number of methoxy groups -OCH3 is 2. The summed E-state index contributed by atoms with van der Waals surface area (Å²) in [5.74, 6) is -1.95. The molecular formula is C20H20O6. The van der Waals surface area contributed by atoms with E-state index >= 15 is 0 Å². The van der Waals surface area contributed by atoms with E-state index < -0.39 is 29.4 Å². The summed E-state index contributed by atoms with van der Waals surface area (Å²) in [5, 5.41) is 0. The van der Waals surface area contributed by atoms with Gasteiger partial charge in [-0.3, -0.25) is 4.79 Å². The van der Waals surface area contributed by atoms with Crippen molar-refractivity contribution in [1.82, 2.24) is 0 Å². The molecule has 0 N–H and O–H groups in total. The molecule has 1 aromatic carbocycles. The van der Waals surface area contributed by atoms with E-state index in [2.05, 4.69) is 4.74 Å². The summed E-state index contributed by atoms with van der Waals surface area (Å²) in [5.41, 5.74) is 0.741. The average molecular weight is 356 g/mol. The van der Waals surface area contributed by atoms with Crippen molar-refractivity contribution in [2.75, 3.05) is 14.2 Å². The topological polar surface area (TPSA) is 78.9 Å². The van der Waals surface area contributed by atoms with E-state index in [-0.39, 0.29) is 5.97 Å². The van der Waals surface area contributed by atoms with Gasteiger partial charge in [0.1, 0.15) is 6.10 Å². The summed E-state index contributed by atoms with van der Waals surface area (Å²) >= 11 is 0. The molecule has 1 aromatic rings. The van der Waals surface area contributed by atoms with Crippen molar-refractivity contribution in [3.63, 3.8) is 0 Å². The Morgan fingerprint density at radius 1 is 1.23 bits per heavy atom.